The molecule has 1 heterocycles. The van der Waals surface area contributed by atoms with Crippen LogP contribution in [0.25, 0.3) is 0 Å². The second-order valence-electron chi connectivity index (χ2n) is 4.38. The van der Waals surface area contributed by atoms with Gasteiger partial charge in [-0.3, -0.25) is 4.21 Å². The van der Waals surface area contributed by atoms with Gasteiger partial charge in [0.1, 0.15) is 13.2 Å². The van der Waals surface area contributed by atoms with E-state index in [0.29, 0.717) is 19.8 Å². The third-order valence-corrected chi connectivity index (χ3v) is 4.26. The minimum Gasteiger partial charge on any atom is -0.486 e. The van der Waals surface area contributed by atoms with Gasteiger partial charge in [-0.2, -0.15) is 0 Å². The van der Waals surface area contributed by atoms with Crippen LogP contribution >= 0.6 is 0 Å². The van der Waals surface area contributed by atoms with Gasteiger partial charge in [0, 0.05) is 41.0 Å². The summed E-state index contributed by atoms with van der Waals surface area (Å²) in [4.78, 5) is 0. The molecule has 1 aliphatic heterocycles. The van der Waals surface area contributed by atoms with E-state index in [1.165, 1.54) is 0 Å². The molecule has 0 spiro atoms. The first-order valence-corrected chi connectivity index (χ1v) is 7.71. The number of hydrogen-bond donors (Lipinski definition) is 1. The average molecular weight is 269 g/mol. The summed E-state index contributed by atoms with van der Waals surface area (Å²) in [6.45, 7) is 4.61. The van der Waals surface area contributed by atoms with E-state index < -0.39 is 10.8 Å². The second-order valence-corrected chi connectivity index (χ2v) is 6.18. The molecule has 0 bridgehead atoms. The number of rotatable bonds is 5. The van der Waals surface area contributed by atoms with E-state index in [4.69, 9.17) is 9.47 Å². The Balaban J connectivity index is 1.95. The van der Waals surface area contributed by atoms with Crippen LogP contribution in [0.15, 0.2) is 18.2 Å². The molecule has 0 fully saturated rings. The number of hydrogen-bond acceptors (Lipinski definition) is 4. The van der Waals surface area contributed by atoms with Crippen molar-refractivity contribution in [2.45, 2.75) is 18.7 Å². The maximum Gasteiger partial charge on any atom is 0.165 e. The van der Waals surface area contributed by atoms with Crippen molar-refractivity contribution in [3.63, 3.8) is 0 Å². The molecule has 1 N–H and O–H groups in total. The molecule has 0 radical (unpaired) electrons. The molecule has 2 rings (SSSR count). The first-order chi connectivity index (χ1) is 8.68. The third kappa shape index (κ3) is 3.23. The Bertz CT molecular complexity index is 436. The molecule has 1 aliphatic rings. The van der Waals surface area contributed by atoms with Crippen molar-refractivity contribution in [1.82, 2.24) is 5.32 Å². The number of nitrogens with one attached hydrogen (secondary N) is 1. The van der Waals surface area contributed by atoms with Gasteiger partial charge in [0.25, 0.3) is 0 Å². The van der Waals surface area contributed by atoms with Crippen LogP contribution < -0.4 is 14.8 Å². The average Bonchev–Trinajstić information content (AvgIpc) is 2.38. The fourth-order valence-corrected chi connectivity index (χ4v) is 2.15. The summed E-state index contributed by atoms with van der Waals surface area (Å²) in [5, 5.41) is 3.46. The van der Waals surface area contributed by atoms with Gasteiger partial charge in [-0.05, 0) is 13.0 Å². The summed E-state index contributed by atoms with van der Waals surface area (Å²) in [6.07, 6.45) is 1.73. The normalized spacial score (nSPS) is 17.2. The van der Waals surface area contributed by atoms with Crippen LogP contribution in [0.3, 0.4) is 0 Å². The highest BCUT2D eigenvalue weighted by Crippen LogP contribution is 2.33. The molecule has 100 valence electrons. The summed E-state index contributed by atoms with van der Waals surface area (Å²) in [5.41, 5.74) is 1.08. The molecular formula is C13H19NO3S. The van der Waals surface area contributed by atoms with E-state index in [2.05, 4.69) is 5.32 Å². The maximum atomic E-state index is 11.2. The van der Waals surface area contributed by atoms with Crippen molar-refractivity contribution in [2.24, 2.45) is 0 Å². The van der Waals surface area contributed by atoms with Gasteiger partial charge in [0.15, 0.2) is 11.5 Å². The smallest absolute Gasteiger partial charge is 0.165 e. The van der Waals surface area contributed by atoms with Crippen molar-refractivity contribution in [2.75, 3.05) is 26.0 Å². The Kier molecular flexibility index (Phi) is 4.60. The van der Waals surface area contributed by atoms with Crippen molar-refractivity contribution < 1.29 is 13.7 Å². The number of benzene rings is 1. The van der Waals surface area contributed by atoms with Crippen LogP contribution in [0.5, 0.6) is 11.5 Å². The highest BCUT2D eigenvalue weighted by atomic mass is 32.2. The van der Waals surface area contributed by atoms with E-state index in [1.54, 1.807) is 6.26 Å². The molecule has 1 aromatic rings. The first kappa shape index (κ1) is 13.4. The molecule has 0 saturated carbocycles. The van der Waals surface area contributed by atoms with Crippen molar-refractivity contribution in [3.8, 4) is 11.5 Å². The van der Waals surface area contributed by atoms with E-state index in [0.717, 1.165) is 23.6 Å². The van der Waals surface area contributed by atoms with E-state index in [1.807, 2.05) is 25.1 Å². The topological polar surface area (TPSA) is 47.6 Å². The fourth-order valence-electron chi connectivity index (χ4n) is 1.80. The van der Waals surface area contributed by atoms with Gasteiger partial charge in [0.2, 0.25) is 0 Å². The Morgan fingerprint density at radius 3 is 2.94 bits per heavy atom. The predicted molar refractivity (Wildman–Crippen MR) is 72.7 cm³/mol. The Hall–Kier alpha value is -1.07. The van der Waals surface area contributed by atoms with Crippen molar-refractivity contribution >= 4 is 10.8 Å². The lowest BCUT2D eigenvalue weighted by Gasteiger charge is -2.21. The van der Waals surface area contributed by atoms with Crippen LogP contribution in [0.4, 0.5) is 0 Å². The molecule has 18 heavy (non-hydrogen) atoms. The predicted octanol–water partition coefficient (Wildman–Crippen LogP) is 1.31. The summed E-state index contributed by atoms with van der Waals surface area (Å²) in [5.74, 6) is 1.65. The van der Waals surface area contributed by atoms with Crippen LogP contribution in [-0.2, 0) is 17.3 Å². The molecular weight excluding hydrogens is 250 g/mol. The zero-order valence-electron chi connectivity index (χ0n) is 10.8. The number of fused-ring (bicyclic) bond motifs is 1. The molecule has 0 saturated heterocycles. The lowest BCUT2D eigenvalue weighted by atomic mass is 10.1. The fraction of sp³-hybridized carbons (Fsp3) is 0.538. The molecule has 5 heteroatoms. The van der Waals surface area contributed by atoms with Crippen LogP contribution in [0.2, 0.25) is 0 Å². The van der Waals surface area contributed by atoms with Gasteiger partial charge in [-0.15, -0.1) is 0 Å². The molecule has 1 aromatic carbocycles. The standard InChI is InChI=1S/C13H19NO3S/c1-10(18(2)15)8-14-9-11-4-3-5-12-13(11)17-7-6-16-12/h3-5,10,14H,6-9H2,1-2H3. The quantitative estimate of drug-likeness (QED) is 0.875. The van der Waals surface area contributed by atoms with Gasteiger partial charge < -0.3 is 14.8 Å². The molecule has 2 atom stereocenters. The van der Waals surface area contributed by atoms with Gasteiger partial charge in [-0.1, -0.05) is 12.1 Å². The van der Waals surface area contributed by atoms with E-state index >= 15 is 0 Å². The summed E-state index contributed by atoms with van der Waals surface area (Å²) < 4.78 is 22.4. The van der Waals surface area contributed by atoms with Crippen LogP contribution in [-0.4, -0.2) is 35.5 Å². The molecule has 0 aliphatic carbocycles. The summed E-state index contributed by atoms with van der Waals surface area (Å²) in [6, 6.07) is 5.90. The Morgan fingerprint density at radius 1 is 1.39 bits per heavy atom. The summed E-state index contributed by atoms with van der Waals surface area (Å²) in [7, 11) is -0.789. The largest absolute Gasteiger partial charge is 0.486 e. The third-order valence-electron chi connectivity index (χ3n) is 2.96. The molecule has 0 amide bonds. The SMILES string of the molecule is CC(CNCc1cccc2c1OCCO2)S(C)=O. The first-order valence-electron chi connectivity index (χ1n) is 6.09. The van der Waals surface area contributed by atoms with Gasteiger partial charge >= 0.3 is 0 Å². The highest BCUT2D eigenvalue weighted by Gasteiger charge is 2.15. The summed E-state index contributed by atoms with van der Waals surface area (Å²) >= 11 is 0. The maximum absolute atomic E-state index is 11.2. The molecule has 2 unspecified atom stereocenters. The lowest BCUT2D eigenvalue weighted by Crippen LogP contribution is -2.27. The van der Waals surface area contributed by atoms with Gasteiger partial charge in [0.05, 0.1) is 0 Å². The zero-order valence-corrected chi connectivity index (χ0v) is 11.6. The van der Waals surface area contributed by atoms with Crippen molar-refractivity contribution in [1.29, 1.82) is 0 Å². The minimum absolute atomic E-state index is 0.154. The molecule has 0 aromatic heterocycles. The molecule has 4 nitrogen and oxygen atoms in total. The number of para-hydroxylation sites is 1. The van der Waals surface area contributed by atoms with Crippen LogP contribution in [0.1, 0.15) is 12.5 Å². The van der Waals surface area contributed by atoms with E-state index in [9.17, 15) is 4.21 Å². The Morgan fingerprint density at radius 2 is 2.17 bits per heavy atom. The lowest BCUT2D eigenvalue weighted by molar-refractivity contribution is 0.169. The zero-order chi connectivity index (χ0) is 13.0. The van der Waals surface area contributed by atoms with E-state index in [-0.39, 0.29) is 5.25 Å². The van der Waals surface area contributed by atoms with Crippen LogP contribution in [0, 0.1) is 0 Å². The minimum atomic E-state index is -0.789. The van der Waals surface area contributed by atoms with Crippen molar-refractivity contribution in [3.05, 3.63) is 23.8 Å². The van der Waals surface area contributed by atoms with Gasteiger partial charge in [-0.25, -0.2) is 0 Å². The Labute approximate surface area is 110 Å². The monoisotopic (exact) mass is 269 g/mol. The second kappa shape index (κ2) is 6.20. The number of ether oxygens (including phenoxy) is 2. The highest BCUT2D eigenvalue weighted by molar-refractivity contribution is 7.84.